The van der Waals surface area contributed by atoms with Gasteiger partial charge < -0.3 is 14.5 Å². The largest absolute Gasteiger partial charge is 0.481 e. The van der Waals surface area contributed by atoms with Crippen molar-refractivity contribution < 1.29 is 14.3 Å². The number of aliphatic carboxylic acids is 1. The van der Waals surface area contributed by atoms with Crippen molar-refractivity contribution in [2.75, 3.05) is 5.75 Å². The Balaban J connectivity index is 1.59. The molecular weight excluding hydrogens is 328 g/mol. The van der Waals surface area contributed by atoms with E-state index in [1.165, 1.54) is 0 Å². The number of thioether (sulfide) groups is 1. The third-order valence-corrected chi connectivity index (χ3v) is 4.30. The summed E-state index contributed by atoms with van der Waals surface area (Å²) in [5, 5.41) is 16.9. The van der Waals surface area contributed by atoms with Crippen molar-refractivity contribution >= 4 is 28.6 Å². The zero-order valence-corrected chi connectivity index (χ0v) is 13.1. The second kappa shape index (κ2) is 5.89. The van der Waals surface area contributed by atoms with Crippen molar-refractivity contribution in [2.45, 2.75) is 5.16 Å². The number of benzene rings is 1. The Morgan fingerprint density at radius 1 is 1.21 bits per heavy atom. The molecule has 0 radical (unpaired) electrons. The smallest absolute Gasteiger partial charge is 0.313 e. The van der Waals surface area contributed by atoms with Crippen LogP contribution in [0.5, 0.6) is 0 Å². The first-order valence-electron chi connectivity index (χ1n) is 7.14. The third-order valence-electron chi connectivity index (χ3n) is 3.47. The lowest BCUT2D eigenvalue weighted by Gasteiger charge is -1.97. The minimum Gasteiger partial charge on any atom is -0.481 e. The molecular formula is C16H12N4O3S. The number of nitrogens with zero attached hydrogens (tertiary/aromatic N) is 2. The van der Waals surface area contributed by atoms with Gasteiger partial charge in [-0.2, -0.15) is 4.98 Å². The second-order valence-corrected chi connectivity index (χ2v) is 6.04. The van der Waals surface area contributed by atoms with Gasteiger partial charge >= 0.3 is 5.97 Å². The third kappa shape index (κ3) is 2.79. The number of carboxylic acid groups (broad SMARTS) is 1. The summed E-state index contributed by atoms with van der Waals surface area (Å²) in [6, 6.07) is 11.7. The molecule has 0 bridgehead atoms. The van der Waals surface area contributed by atoms with E-state index in [-0.39, 0.29) is 5.75 Å². The van der Waals surface area contributed by atoms with Crippen LogP contribution in [0.15, 0.2) is 52.2 Å². The molecule has 0 unspecified atom stereocenters. The van der Waals surface area contributed by atoms with E-state index < -0.39 is 5.97 Å². The number of aromatic nitrogens is 4. The molecule has 4 rings (SSSR count). The van der Waals surface area contributed by atoms with E-state index in [1.807, 2.05) is 42.6 Å². The number of carboxylic acids is 1. The molecule has 0 saturated carbocycles. The second-order valence-electron chi connectivity index (χ2n) is 5.09. The lowest BCUT2D eigenvalue weighted by molar-refractivity contribution is -0.133. The first-order chi connectivity index (χ1) is 11.7. The van der Waals surface area contributed by atoms with Gasteiger partial charge in [-0.25, -0.2) is 0 Å². The molecule has 0 aliphatic rings. The van der Waals surface area contributed by atoms with Gasteiger partial charge in [-0.15, -0.1) is 5.10 Å². The molecule has 1 aromatic carbocycles. The van der Waals surface area contributed by atoms with Crippen molar-refractivity contribution in [2.24, 2.45) is 0 Å². The van der Waals surface area contributed by atoms with E-state index in [0.717, 1.165) is 34.0 Å². The normalized spacial score (nSPS) is 11.2. The molecule has 3 aromatic heterocycles. The van der Waals surface area contributed by atoms with Crippen LogP contribution in [-0.4, -0.2) is 37.0 Å². The molecule has 0 atom stereocenters. The summed E-state index contributed by atoms with van der Waals surface area (Å²) in [6.45, 7) is 0. The number of nitrogens with one attached hydrogen (secondary N) is 2. The SMILES string of the molecule is O=C(O)CSc1n[nH]c(-c2ccc(-c3ccc4[nH]ccc4c3)o2)n1. The lowest BCUT2D eigenvalue weighted by atomic mass is 10.1. The van der Waals surface area contributed by atoms with Crippen molar-refractivity contribution in [1.82, 2.24) is 20.2 Å². The Labute approximate surface area is 140 Å². The molecule has 0 fully saturated rings. The average Bonchev–Trinajstić information content (AvgIpc) is 3.30. The molecule has 120 valence electrons. The Kier molecular flexibility index (Phi) is 3.58. The standard InChI is InChI=1S/C16H12N4O3S/c21-14(22)8-24-16-18-15(19-20-16)13-4-3-12(23-13)10-1-2-11-9(7-10)5-6-17-11/h1-7,17H,8H2,(H,21,22)(H,18,19,20). The number of aromatic amines is 2. The van der Waals surface area contributed by atoms with E-state index in [4.69, 9.17) is 9.52 Å². The van der Waals surface area contributed by atoms with E-state index in [1.54, 1.807) is 0 Å². The maximum absolute atomic E-state index is 10.6. The molecule has 7 nitrogen and oxygen atoms in total. The van der Waals surface area contributed by atoms with Gasteiger partial charge in [0, 0.05) is 22.7 Å². The minimum atomic E-state index is -0.910. The van der Waals surface area contributed by atoms with Crippen LogP contribution >= 0.6 is 11.8 Å². The number of H-pyrrole nitrogens is 2. The van der Waals surface area contributed by atoms with Gasteiger partial charge in [0.05, 0.1) is 5.75 Å². The van der Waals surface area contributed by atoms with Crippen molar-refractivity contribution in [3.05, 3.63) is 42.6 Å². The van der Waals surface area contributed by atoms with E-state index in [0.29, 0.717) is 16.7 Å². The first kappa shape index (κ1) is 14.6. The molecule has 0 saturated heterocycles. The Bertz CT molecular complexity index is 1020. The van der Waals surface area contributed by atoms with Gasteiger partial charge in [0.2, 0.25) is 5.16 Å². The Hall–Kier alpha value is -3.00. The highest BCUT2D eigenvalue weighted by Crippen LogP contribution is 2.29. The molecule has 24 heavy (non-hydrogen) atoms. The van der Waals surface area contributed by atoms with Crippen LogP contribution in [0.1, 0.15) is 0 Å². The number of fused-ring (bicyclic) bond motifs is 1. The summed E-state index contributed by atoms with van der Waals surface area (Å²) in [5.74, 6) is 0.749. The molecule has 3 heterocycles. The van der Waals surface area contributed by atoms with Crippen molar-refractivity contribution in [3.63, 3.8) is 0 Å². The highest BCUT2D eigenvalue weighted by molar-refractivity contribution is 7.99. The van der Waals surface area contributed by atoms with E-state index in [9.17, 15) is 4.79 Å². The molecule has 3 N–H and O–H groups in total. The predicted octanol–water partition coefficient (Wildman–Crippen LogP) is 3.39. The number of hydrogen-bond donors (Lipinski definition) is 3. The van der Waals surface area contributed by atoms with Crippen LogP contribution < -0.4 is 0 Å². The van der Waals surface area contributed by atoms with Crippen LogP contribution in [0, 0.1) is 0 Å². The summed E-state index contributed by atoms with van der Waals surface area (Å²) in [4.78, 5) is 18.0. The van der Waals surface area contributed by atoms with Crippen LogP contribution in [0.3, 0.4) is 0 Å². The van der Waals surface area contributed by atoms with Crippen LogP contribution in [0.25, 0.3) is 33.8 Å². The number of hydrogen-bond acceptors (Lipinski definition) is 5. The summed E-state index contributed by atoms with van der Waals surface area (Å²) in [5.41, 5.74) is 2.04. The summed E-state index contributed by atoms with van der Waals surface area (Å²) < 4.78 is 5.85. The molecule has 0 spiro atoms. The zero-order valence-electron chi connectivity index (χ0n) is 12.3. The first-order valence-corrected chi connectivity index (χ1v) is 8.12. The highest BCUT2D eigenvalue weighted by atomic mass is 32.2. The molecule has 0 aliphatic carbocycles. The maximum Gasteiger partial charge on any atom is 0.313 e. The van der Waals surface area contributed by atoms with Gasteiger partial charge in [-0.3, -0.25) is 9.89 Å². The Morgan fingerprint density at radius 3 is 2.96 bits per heavy atom. The Morgan fingerprint density at radius 2 is 2.08 bits per heavy atom. The molecule has 0 amide bonds. The average molecular weight is 340 g/mol. The van der Waals surface area contributed by atoms with Gasteiger partial charge in [-0.1, -0.05) is 11.8 Å². The van der Waals surface area contributed by atoms with E-state index >= 15 is 0 Å². The predicted molar refractivity (Wildman–Crippen MR) is 89.7 cm³/mol. The minimum absolute atomic E-state index is 0.0859. The molecule has 8 heteroatoms. The van der Waals surface area contributed by atoms with Gasteiger partial charge in [0.25, 0.3) is 0 Å². The van der Waals surface area contributed by atoms with Gasteiger partial charge in [0.1, 0.15) is 5.76 Å². The van der Waals surface area contributed by atoms with Gasteiger partial charge in [-0.05, 0) is 36.4 Å². The van der Waals surface area contributed by atoms with Crippen LogP contribution in [0.4, 0.5) is 0 Å². The van der Waals surface area contributed by atoms with Crippen molar-refractivity contribution in [1.29, 1.82) is 0 Å². The number of carbonyl (C=O) groups is 1. The molecule has 4 aromatic rings. The quantitative estimate of drug-likeness (QED) is 0.481. The number of rotatable bonds is 5. The van der Waals surface area contributed by atoms with Crippen LogP contribution in [-0.2, 0) is 4.79 Å². The monoisotopic (exact) mass is 340 g/mol. The fourth-order valence-electron chi connectivity index (χ4n) is 2.37. The topological polar surface area (TPSA) is 108 Å². The summed E-state index contributed by atoms with van der Waals surface area (Å²) in [6.07, 6.45) is 1.90. The van der Waals surface area contributed by atoms with E-state index in [2.05, 4.69) is 20.2 Å². The zero-order chi connectivity index (χ0) is 16.5. The highest BCUT2D eigenvalue weighted by Gasteiger charge is 2.12. The summed E-state index contributed by atoms with van der Waals surface area (Å²) >= 11 is 1.05. The lowest BCUT2D eigenvalue weighted by Crippen LogP contribution is -1.97. The fraction of sp³-hybridized carbons (Fsp3) is 0.0625. The summed E-state index contributed by atoms with van der Waals surface area (Å²) in [7, 11) is 0. The van der Waals surface area contributed by atoms with Crippen molar-refractivity contribution in [3.8, 4) is 22.9 Å². The molecule has 0 aliphatic heterocycles. The van der Waals surface area contributed by atoms with Crippen LogP contribution in [0.2, 0.25) is 0 Å². The fourth-order valence-corrected chi connectivity index (χ4v) is 2.89. The van der Waals surface area contributed by atoms with Gasteiger partial charge in [0.15, 0.2) is 11.6 Å². The maximum atomic E-state index is 10.6. The number of furan rings is 1.